The van der Waals surface area contributed by atoms with E-state index in [1.54, 1.807) is 0 Å². The molecular formula is C5H8O2S. The standard InChI is InChI=1S/C5H8O2S/c1-2-5(7)8-4-3-6/h2,6H,1,3-4H2. The average Bonchev–Trinajstić information content (AvgIpc) is 1.83. The zero-order valence-corrected chi connectivity index (χ0v) is 5.28. The van der Waals surface area contributed by atoms with Crippen LogP contribution in [0.15, 0.2) is 12.7 Å². The Labute approximate surface area is 52.6 Å². The molecule has 0 fully saturated rings. The van der Waals surface area contributed by atoms with Crippen molar-refractivity contribution in [2.75, 3.05) is 12.4 Å². The zero-order valence-electron chi connectivity index (χ0n) is 4.46. The summed E-state index contributed by atoms with van der Waals surface area (Å²) < 4.78 is 0. The molecule has 0 heterocycles. The minimum absolute atomic E-state index is 0.0459. The predicted octanol–water partition coefficient (Wildman–Crippen LogP) is 0.424. The lowest BCUT2D eigenvalue weighted by atomic mass is 10.7. The second kappa shape index (κ2) is 4.87. The summed E-state index contributed by atoms with van der Waals surface area (Å²) >= 11 is 1.07. The van der Waals surface area contributed by atoms with Crippen LogP contribution in [0.25, 0.3) is 0 Å². The lowest BCUT2D eigenvalue weighted by Gasteiger charge is -1.87. The van der Waals surface area contributed by atoms with Crippen molar-refractivity contribution in [3.05, 3.63) is 12.7 Å². The first-order chi connectivity index (χ1) is 3.81. The Kier molecular flexibility index (Phi) is 4.70. The summed E-state index contributed by atoms with van der Waals surface area (Å²) in [6.07, 6.45) is 1.24. The molecule has 0 saturated heterocycles. The molecule has 0 aliphatic carbocycles. The Bertz CT molecular complexity index is 90.4. The minimum Gasteiger partial charge on any atom is -0.396 e. The highest BCUT2D eigenvalue weighted by Gasteiger charge is 1.91. The number of hydrogen-bond acceptors (Lipinski definition) is 3. The normalized spacial score (nSPS) is 8.62. The van der Waals surface area contributed by atoms with E-state index in [9.17, 15) is 4.79 Å². The maximum atomic E-state index is 10.3. The Morgan fingerprint density at radius 1 is 1.88 bits per heavy atom. The molecule has 2 nitrogen and oxygen atoms in total. The van der Waals surface area contributed by atoms with E-state index in [1.165, 1.54) is 6.08 Å². The Morgan fingerprint density at radius 2 is 2.50 bits per heavy atom. The second-order valence-electron chi connectivity index (χ2n) is 1.10. The lowest BCUT2D eigenvalue weighted by Crippen LogP contribution is -1.90. The molecule has 0 atom stereocenters. The number of carbonyl (C=O) groups is 1. The van der Waals surface area contributed by atoms with Gasteiger partial charge >= 0.3 is 0 Å². The maximum absolute atomic E-state index is 10.3. The Hall–Kier alpha value is -0.280. The molecule has 0 rings (SSSR count). The molecular weight excluding hydrogens is 124 g/mol. The van der Waals surface area contributed by atoms with Crippen molar-refractivity contribution < 1.29 is 9.90 Å². The molecule has 0 aliphatic rings. The van der Waals surface area contributed by atoms with Crippen molar-refractivity contribution in [1.82, 2.24) is 0 Å². The number of thioether (sulfide) groups is 1. The molecule has 0 amide bonds. The third-order valence-electron chi connectivity index (χ3n) is 0.502. The van der Waals surface area contributed by atoms with Crippen LogP contribution in [0.1, 0.15) is 0 Å². The van der Waals surface area contributed by atoms with Gasteiger partial charge in [-0.3, -0.25) is 4.79 Å². The largest absolute Gasteiger partial charge is 0.396 e. The fourth-order valence-corrected chi connectivity index (χ4v) is 0.615. The monoisotopic (exact) mass is 132 g/mol. The van der Waals surface area contributed by atoms with Gasteiger partial charge in [0.15, 0.2) is 0 Å². The van der Waals surface area contributed by atoms with E-state index in [4.69, 9.17) is 5.11 Å². The molecule has 0 radical (unpaired) electrons. The summed E-state index contributed by atoms with van der Waals surface area (Å²) in [5, 5.41) is 8.12. The smallest absolute Gasteiger partial charge is 0.211 e. The summed E-state index contributed by atoms with van der Waals surface area (Å²) in [4.78, 5) is 10.3. The molecule has 1 N–H and O–H groups in total. The van der Waals surface area contributed by atoms with Gasteiger partial charge in [-0.05, 0) is 6.08 Å². The summed E-state index contributed by atoms with van der Waals surface area (Å²) in [7, 11) is 0. The summed E-state index contributed by atoms with van der Waals surface area (Å²) in [6, 6.07) is 0. The fourth-order valence-electron chi connectivity index (χ4n) is 0.205. The van der Waals surface area contributed by atoms with E-state index < -0.39 is 0 Å². The van der Waals surface area contributed by atoms with E-state index in [2.05, 4.69) is 6.58 Å². The topological polar surface area (TPSA) is 37.3 Å². The molecule has 0 aromatic carbocycles. The molecule has 3 heteroatoms. The third kappa shape index (κ3) is 3.89. The minimum atomic E-state index is -0.0842. The van der Waals surface area contributed by atoms with Gasteiger partial charge in [-0.1, -0.05) is 18.3 Å². The van der Waals surface area contributed by atoms with Gasteiger partial charge in [-0.15, -0.1) is 0 Å². The van der Waals surface area contributed by atoms with Crippen LogP contribution in [0.2, 0.25) is 0 Å². The molecule has 46 valence electrons. The van der Waals surface area contributed by atoms with Crippen LogP contribution in [0.5, 0.6) is 0 Å². The zero-order chi connectivity index (χ0) is 6.41. The number of rotatable bonds is 3. The number of aliphatic hydroxyl groups is 1. The quantitative estimate of drug-likeness (QED) is 0.566. The van der Waals surface area contributed by atoms with Gasteiger partial charge in [0, 0.05) is 5.75 Å². The van der Waals surface area contributed by atoms with Gasteiger partial charge in [0.2, 0.25) is 5.12 Å². The Balaban J connectivity index is 3.11. The van der Waals surface area contributed by atoms with Crippen molar-refractivity contribution >= 4 is 16.9 Å². The average molecular weight is 132 g/mol. The van der Waals surface area contributed by atoms with Crippen LogP contribution in [0, 0.1) is 0 Å². The molecule has 0 aliphatic heterocycles. The van der Waals surface area contributed by atoms with E-state index in [1.807, 2.05) is 0 Å². The SMILES string of the molecule is C=CC(=O)SCCO. The number of aliphatic hydroxyl groups excluding tert-OH is 1. The van der Waals surface area contributed by atoms with E-state index in [0.29, 0.717) is 5.75 Å². The van der Waals surface area contributed by atoms with E-state index in [0.717, 1.165) is 11.8 Å². The molecule has 0 saturated carbocycles. The highest BCUT2D eigenvalue weighted by Crippen LogP contribution is 1.99. The second-order valence-corrected chi connectivity index (χ2v) is 2.19. The first kappa shape index (κ1) is 7.72. The van der Waals surface area contributed by atoms with Crippen LogP contribution in [0.4, 0.5) is 0 Å². The van der Waals surface area contributed by atoms with Crippen LogP contribution < -0.4 is 0 Å². The molecule has 8 heavy (non-hydrogen) atoms. The molecule has 0 aromatic heterocycles. The van der Waals surface area contributed by atoms with Crippen molar-refractivity contribution in [3.63, 3.8) is 0 Å². The first-order valence-electron chi connectivity index (χ1n) is 2.21. The van der Waals surface area contributed by atoms with Gasteiger partial charge < -0.3 is 5.11 Å². The summed E-state index contributed by atoms with van der Waals surface area (Å²) in [6.45, 7) is 3.31. The number of carbonyl (C=O) groups excluding carboxylic acids is 1. The highest BCUT2D eigenvalue weighted by atomic mass is 32.2. The van der Waals surface area contributed by atoms with Crippen LogP contribution in [-0.4, -0.2) is 22.6 Å². The Morgan fingerprint density at radius 3 is 2.88 bits per heavy atom. The first-order valence-corrected chi connectivity index (χ1v) is 3.20. The van der Waals surface area contributed by atoms with E-state index in [-0.39, 0.29) is 11.7 Å². The highest BCUT2D eigenvalue weighted by molar-refractivity contribution is 8.14. The van der Waals surface area contributed by atoms with Gasteiger partial charge in [0.1, 0.15) is 0 Å². The van der Waals surface area contributed by atoms with Crippen molar-refractivity contribution in [2.24, 2.45) is 0 Å². The predicted molar refractivity (Wildman–Crippen MR) is 34.7 cm³/mol. The molecule has 0 bridgehead atoms. The molecule has 0 unspecified atom stereocenters. The summed E-state index contributed by atoms with van der Waals surface area (Å²) in [5.41, 5.74) is 0. The van der Waals surface area contributed by atoms with Gasteiger partial charge in [-0.2, -0.15) is 0 Å². The van der Waals surface area contributed by atoms with Crippen LogP contribution in [0.3, 0.4) is 0 Å². The van der Waals surface area contributed by atoms with Gasteiger partial charge in [-0.25, -0.2) is 0 Å². The van der Waals surface area contributed by atoms with Crippen molar-refractivity contribution in [3.8, 4) is 0 Å². The van der Waals surface area contributed by atoms with Gasteiger partial charge in [0.05, 0.1) is 6.61 Å². The summed E-state index contributed by atoms with van der Waals surface area (Å²) in [5.74, 6) is 0.463. The van der Waals surface area contributed by atoms with E-state index >= 15 is 0 Å². The maximum Gasteiger partial charge on any atom is 0.211 e. The van der Waals surface area contributed by atoms with Crippen LogP contribution in [-0.2, 0) is 4.79 Å². The third-order valence-corrected chi connectivity index (χ3v) is 1.34. The lowest BCUT2D eigenvalue weighted by molar-refractivity contribution is -0.107. The molecule has 0 spiro atoms. The van der Waals surface area contributed by atoms with Crippen molar-refractivity contribution in [2.45, 2.75) is 0 Å². The van der Waals surface area contributed by atoms with Crippen LogP contribution >= 0.6 is 11.8 Å². The van der Waals surface area contributed by atoms with Crippen molar-refractivity contribution in [1.29, 1.82) is 0 Å². The number of hydrogen-bond donors (Lipinski definition) is 1. The fraction of sp³-hybridized carbons (Fsp3) is 0.400. The van der Waals surface area contributed by atoms with Gasteiger partial charge in [0.25, 0.3) is 0 Å². The molecule has 0 aromatic rings.